The van der Waals surface area contributed by atoms with E-state index in [0.717, 1.165) is 17.7 Å². The number of rotatable bonds is 8. The highest BCUT2D eigenvalue weighted by molar-refractivity contribution is 7.89. The first kappa shape index (κ1) is 24.9. The molecule has 32 heavy (non-hydrogen) atoms. The van der Waals surface area contributed by atoms with Gasteiger partial charge < -0.3 is 9.47 Å². The quantitative estimate of drug-likeness (QED) is 0.306. The van der Waals surface area contributed by atoms with E-state index < -0.39 is 46.3 Å². The smallest absolute Gasteiger partial charge is 0.460 e. The van der Waals surface area contributed by atoms with E-state index in [0.29, 0.717) is 0 Å². The number of sulfonamides is 1. The van der Waals surface area contributed by atoms with Gasteiger partial charge in [0.05, 0.1) is 11.5 Å². The second kappa shape index (κ2) is 9.87. The Hall–Kier alpha value is -3.32. The molecule has 0 heterocycles. The standard InChI is InChI=1S/C19H20F3N3O6S/c1-3-30-16(26)18(19(20,21)22,31-14-7-5-4-6-8-14)23-17(27)24-25-32(28,29)15-11-9-13(2)10-12-15/h4-12,25H,3H2,1-2H3,(H2,23,24,27)/t18-/m0/s1. The van der Waals surface area contributed by atoms with E-state index in [9.17, 15) is 31.2 Å². The summed E-state index contributed by atoms with van der Waals surface area (Å²) in [4.78, 5) is 25.8. The molecule has 2 aromatic rings. The normalized spacial score (nSPS) is 13.5. The fraction of sp³-hybridized carbons (Fsp3) is 0.263. The summed E-state index contributed by atoms with van der Waals surface area (Å²) in [7, 11) is -4.31. The lowest BCUT2D eigenvalue weighted by Crippen LogP contribution is -2.70. The zero-order chi connectivity index (χ0) is 24.0. The predicted octanol–water partition coefficient (Wildman–Crippen LogP) is 2.39. The first-order chi connectivity index (χ1) is 14.9. The molecule has 0 aliphatic rings. The molecule has 174 valence electrons. The zero-order valence-corrected chi connectivity index (χ0v) is 17.7. The van der Waals surface area contributed by atoms with Gasteiger partial charge in [0.15, 0.2) is 0 Å². The van der Waals surface area contributed by atoms with Crippen LogP contribution in [0.25, 0.3) is 0 Å². The molecule has 0 radical (unpaired) electrons. The van der Waals surface area contributed by atoms with Crippen molar-refractivity contribution < 1.29 is 40.7 Å². The number of hydrogen-bond donors (Lipinski definition) is 3. The van der Waals surface area contributed by atoms with Crippen LogP contribution in [0.3, 0.4) is 0 Å². The number of hydrogen-bond acceptors (Lipinski definition) is 6. The van der Waals surface area contributed by atoms with E-state index in [-0.39, 0.29) is 4.90 Å². The third kappa shape index (κ3) is 5.88. The Morgan fingerprint density at radius 1 is 1.00 bits per heavy atom. The van der Waals surface area contributed by atoms with Gasteiger partial charge in [-0.1, -0.05) is 35.9 Å². The Balaban J connectivity index is 2.28. The molecule has 0 fully saturated rings. The number of nitrogens with one attached hydrogen (secondary N) is 3. The molecule has 0 aliphatic heterocycles. The van der Waals surface area contributed by atoms with Gasteiger partial charge >= 0.3 is 23.9 Å². The van der Waals surface area contributed by atoms with Crippen molar-refractivity contribution in [3.63, 3.8) is 0 Å². The number of halogens is 3. The molecule has 0 unspecified atom stereocenters. The molecule has 0 aliphatic carbocycles. The molecule has 0 aromatic heterocycles. The van der Waals surface area contributed by atoms with Crippen LogP contribution in [0.15, 0.2) is 59.5 Å². The summed E-state index contributed by atoms with van der Waals surface area (Å²) >= 11 is 0. The van der Waals surface area contributed by atoms with E-state index in [1.807, 2.05) is 0 Å². The van der Waals surface area contributed by atoms with Gasteiger partial charge in [-0.15, -0.1) is 4.83 Å². The van der Waals surface area contributed by atoms with Crippen molar-refractivity contribution in [1.82, 2.24) is 15.6 Å². The number of ether oxygens (including phenoxy) is 2. The van der Waals surface area contributed by atoms with Crippen molar-refractivity contribution >= 4 is 22.0 Å². The lowest BCUT2D eigenvalue weighted by molar-refractivity contribution is -0.259. The van der Waals surface area contributed by atoms with Crippen molar-refractivity contribution in [2.45, 2.75) is 30.6 Å². The van der Waals surface area contributed by atoms with Crippen LogP contribution in [0, 0.1) is 6.92 Å². The second-order valence-corrected chi connectivity index (χ2v) is 7.99. The Morgan fingerprint density at radius 3 is 2.12 bits per heavy atom. The molecule has 2 aromatic carbocycles. The minimum Gasteiger partial charge on any atom is -0.461 e. The Kier molecular flexibility index (Phi) is 7.69. The molecule has 0 saturated carbocycles. The third-order valence-corrected chi connectivity index (χ3v) is 5.16. The van der Waals surface area contributed by atoms with Crippen LogP contribution in [-0.4, -0.2) is 38.9 Å². The van der Waals surface area contributed by atoms with Gasteiger partial charge in [-0.3, -0.25) is 10.7 Å². The molecule has 0 bridgehead atoms. The van der Waals surface area contributed by atoms with Crippen molar-refractivity contribution in [1.29, 1.82) is 0 Å². The fourth-order valence-corrected chi connectivity index (χ4v) is 3.18. The first-order valence-electron chi connectivity index (χ1n) is 9.06. The molecular formula is C19H20F3N3O6S. The maximum atomic E-state index is 14.0. The lowest BCUT2D eigenvalue weighted by Gasteiger charge is -2.33. The summed E-state index contributed by atoms with van der Waals surface area (Å²) in [6.07, 6.45) is -5.48. The number of benzene rings is 2. The van der Waals surface area contributed by atoms with Gasteiger partial charge in [0.25, 0.3) is 10.0 Å². The largest absolute Gasteiger partial charge is 0.461 e. The molecular weight excluding hydrogens is 455 g/mol. The minimum absolute atomic E-state index is 0.253. The average molecular weight is 475 g/mol. The molecule has 1 atom stereocenters. The first-order valence-corrected chi connectivity index (χ1v) is 10.5. The zero-order valence-electron chi connectivity index (χ0n) is 16.9. The van der Waals surface area contributed by atoms with E-state index in [1.165, 1.54) is 54.7 Å². The fourth-order valence-electron chi connectivity index (χ4n) is 2.34. The van der Waals surface area contributed by atoms with Crippen LogP contribution >= 0.6 is 0 Å². The van der Waals surface area contributed by atoms with Gasteiger partial charge in [0.1, 0.15) is 5.75 Å². The SMILES string of the molecule is CCOC(=O)[C@](NC(=O)NNS(=O)(=O)c1ccc(C)cc1)(Oc1ccccc1)C(F)(F)F. The Bertz CT molecular complexity index is 1050. The number of para-hydroxylation sites is 1. The number of hydrazine groups is 1. The number of amides is 2. The highest BCUT2D eigenvalue weighted by atomic mass is 32.2. The highest BCUT2D eigenvalue weighted by Gasteiger charge is 2.66. The summed E-state index contributed by atoms with van der Waals surface area (Å²) in [6, 6.07) is 10.1. The molecule has 3 N–H and O–H groups in total. The maximum absolute atomic E-state index is 14.0. The number of esters is 1. The number of aryl methyl sites for hydroxylation is 1. The van der Waals surface area contributed by atoms with Gasteiger partial charge in [-0.05, 0) is 38.1 Å². The summed E-state index contributed by atoms with van der Waals surface area (Å²) in [5.74, 6) is -2.36. The van der Waals surface area contributed by atoms with Gasteiger partial charge in [0.2, 0.25) is 0 Å². The second-order valence-electron chi connectivity index (χ2n) is 6.31. The Morgan fingerprint density at radius 2 is 1.59 bits per heavy atom. The van der Waals surface area contributed by atoms with Crippen molar-refractivity contribution in [3.05, 3.63) is 60.2 Å². The Labute approximate surface area is 181 Å². The number of carbonyl (C=O) groups is 2. The number of alkyl halides is 3. The van der Waals surface area contributed by atoms with Crippen LogP contribution in [0.5, 0.6) is 5.75 Å². The van der Waals surface area contributed by atoms with Crippen molar-refractivity contribution in [3.8, 4) is 5.75 Å². The topological polar surface area (TPSA) is 123 Å². The van der Waals surface area contributed by atoms with Gasteiger partial charge in [-0.25, -0.2) is 18.0 Å². The van der Waals surface area contributed by atoms with Crippen molar-refractivity contribution in [2.24, 2.45) is 0 Å². The van der Waals surface area contributed by atoms with E-state index in [1.54, 1.807) is 17.2 Å². The monoisotopic (exact) mass is 475 g/mol. The van der Waals surface area contributed by atoms with Gasteiger partial charge in [0, 0.05) is 0 Å². The number of carbonyl (C=O) groups excluding carboxylic acids is 2. The van der Waals surface area contributed by atoms with Crippen molar-refractivity contribution in [2.75, 3.05) is 6.61 Å². The molecule has 0 spiro atoms. The molecule has 9 nitrogen and oxygen atoms in total. The summed E-state index contributed by atoms with van der Waals surface area (Å²) in [5, 5.41) is 1.34. The van der Waals surface area contributed by atoms with Gasteiger partial charge in [-0.2, -0.15) is 13.2 Å². The molecule has 2 amide bonds. The molecule has 2 rings (SSSR count). The minimum atomic E-state index is -5.48. The van der Waals surface area contributed by atoms with E-state index >= 15 is 0 Å². The maximum Gasteiger partial charge on any atom is 0.460 e. The summed E-state index contributed by atoms with van der Waals surface area (Å²) in [5.41, 5.74) is -1.62. The van der Waals surface area contributed by atoms with Crippen LogP contribution in [-0.2, 0) is 19.6 Å². The molecule has 13 heteroatoms. The molecule has 0 saturated heterocycles. The average Bonchev–Trinajstić information content (AvgIpc) is 2.72. The van der Waals surface area contributed by atoms with Crippen LogP contribution in [0.2, 0.25) is 0 Å². The third-order valence-electron chi connectivity index (χ3n) is 3.90. The summed E-state index contributed by atoms with van der Waals surface area (Å²) in [6.45, 7) is 2.53. The lowest BCUT2D eigenvalue weighted by atomic mass is 10.2. The number of urea groups is 1. The summed E-state index contributed by atoms with van der Waals surface area (Å²) < 4.78 is 75.7. The van der Waals surface area contributed by atoms with Crippen LogP contribution in [0.4, 0.5) is 18.0 Å². The van der Waals surface area contributed by atoms with Crippen LogP contribution in [0.1, 0.15) is 12.5 Å². The van der Waals surface area contributed by atoms with Crippen LogP contribution < -0.4 is 20.3 Å². The predicted molar refractivity (Wildman–Crippen MR) is 106 cm³/mol. The van der Waals surface area contributed by atoms with E-state index in [2.05, 4.69) is 4.74 Å². The van der Waals surface area contributed by atoms with E-state index in [4.69, 9.17) is 4.74 Å². The highest BCUT2D eigenvalue weighted by Crippen LogP contribution is 2.34.